The predicted octanol–water partition coefficient (Wildman–Crippen LogP) is 3.79. The molecule has 2 aromatic rings. The summed E-state index contributed by atoms with van der Waals surface area (Å²) in [5, 5.41) is 8.93. The summed E-state index contributed by atoms with van der Waals surface area (Å²) in [4.78, 5) is 37.8. The number of likely N-dealkylation sites (tertiary alicyclic amines) is 1. The van der Waals surface area contributed by atoms with Crippen LogP contribution in [0.25, 0.3) is 0 Å². The van der Waals surface area contributed by atoms with Gasteiger partial charge in [0.1, 0.15) is 17.9 Å². The average molecular weight is 500 g/mol. The molecule has 1 fully saturated rings. The number of piperidine rings is 1. The fraction of sp³-hybridized carbons (Fsp3) is 0.444. The number of rotatable bonds is 11. The Balaban J connectivity index is 1.83. The molecule has 1 amide bonds. The van der Waals surface area contributed by atoms with Crippen LogP contribution in [0.15, 0.2) is 42.5 Å². The molecule has 2 atom stereocenters. The Morgan fingerprint density at radius 2 is 1.83 bits per heavy atom. The number of aryl methyl sites for hydroxylation is 1. The molecule has 1 saturated heterocycles. The van der Waals surface area contributed by atoms with Crippen LogP contribution >= 0.6 is 0 Å². The third-order valence-electron chi connectivity index (χ3n) is 6.17. The van der Waals surface area contributed by atoms with E-state index in [-0.39, 0.29) is 5.91 Å². The monoisotopic (exact) mass is 499 g/mol. The van der Waals surface area contributed by atoms with Gasteiger partial charge in [0.2, 0.25) is 5.91 Å². The lowest BCUT2D eigenvalue weighted by molar-refractivity contribution is -0.161. The second-order valence-corrected chi connectivity index (χ2v) is 8.63. The Hall–Kier alpha value is -3.75. The normalized spacial score (nSPS) is 16.1. The Labute approximate surface area is 210 Å². The summed E-state index contributed by atoms with van der Waals surface area (Å²) in [6.07, 6.45) is 2.65. The zero-order chi connectivity index (χ0) is 26.1. The van der Waals surface area contributed by atoms with Crippen molar-refractivity contribution in [1.82, 2.24) is 4.90 Å². The van der Waals surface area contributed by atoms with Gasteiger partial charge in [-0.3, -0.25) is 4.79 Å². The van der Waals surface area contributed by atoms with Crippen molar-refractivity contribution < 1.29 is 38.4 Å². The van der Waals surface area contributed by atoms with Crippen LogP contribution in [0.5, 0.6) is 17.2 Å². The number of carbonyl (C=O) groups excluding carboxylic acids is 2. The maximum atomic E-state index is 13.2. The average Bonchev–Trinajstić information content (AvgIpc) is 2.89. The van der Waals surface area contributed by atoms with Crippen molar-refractivity contribution in [3.05, 3.63) is 53.6 Å². The summed E-state index contributed by atoms with van der Waals surface area (Å²) in [7, 11) is 3.14. The molecular weight excluding hydrogens is 466 g/mol. The van der Waals surface area contributed by atoms with E-state index < -0.39 is 30.7 Å². The van der Waals surface area contributed by atoms with Gasteiger partial charge in [0, 0.05) is 13.5 Å². The highest BCUT2D eigenvalue weighted by Gasteiger charge is 2.33. The molecule has 1 aliphatic heterocycles. The van der Waals surface area contributed by atoms with E-state index in [2.05, 4.69) is 0 Å². The third kappa shape index (κ3) is 7.13. The fourth-order valence-corrected chi connectivity index (χ4v) is 4.35. The zero-order valence-corrected chi connectivity index (χ0v) is 20.9. The molecule has 0 aliphatic carbocycles. The number of ether oxygens (including phenoxy) is 4. The number of nitrogens with zero attached hydrogens (tertiary/aromatic N) is 1. The molecule has 9 nitrogen and oxygen atoms in total. The molecule has 0 bridgehead atoms. The van der Waals surface area contributed by atoms with Gasteiger partial charge in [-0.05, 0) is 67.5 Å². The van der Waals surface area contributed by atoms with E-state index in [4.69, 9.17) is 24.1 Å². The molecule has 0 saturated carbocycles. The van der Waals surface area contributed by atoms with Crippen molar-refractivity contribution in [3.8, 4) is 17.2 Å². The van der Waals surface area contributed by atoms with Crippen LogP contribution in [0.2, 0.25) is 0 Å². The molecule has 3 rings (SSSR count). The second-order valence-electron chi connectivity index (χ2n) is 8.63. The molecule has 1 unspecified atom stereocenters. The predicted molar refractivity (Wildman–Crippen MR) is 131 cm³/mol. The number of carboxylic acid groups (broad SMARTS) is 1. The third-order valence-corrected chi connectivity index (χ3v) is 6.17. The lowest BCUT2D eigenvalue weighted by atomic mass is 9.99. The van der Waals surface area contributed by atoms with Crippen molar-refractivity contribution in [3.63, 3.8) is 0 Å². The number of hydrogen-bond donors (Lipinski definition) is 1. The number of hydrogen-bond acceptors (Lipinski definition) is 7. The maximum absolute atomic E-state index is 13.2. The Bertz CT molecular complexity index is 1070. The van der Waals surface area contributed by atoms with Gasteiger partial charge >= 0.3 is 11.9 Å². The molecule has 2 aromatic carbocycles. The van der Waals surface area contributed by atoms with E-state index in [1.807, 2.05) is 24.3 Å². The number of aliphatic carboxylic acids is 1. The second kappa shape index (κ2) is 12.8. The summed E-state index contributed by atoms with van der Waals surface area (Å²) in [6.45, 7) is 1.52. The van der Waals surface area contributed by atoms with Crippen LogP contribution in [-0.4, -0.2) is 61.3 Å². The van der Waals surface area contributed by atoms with Crippen LogP contribution in [0, 0.1) is 0 Å². The van der Waals surface area contributed by atoms with E-state index in [1.165, 1.54) is 6.92 Å². The Kier molecular flexibility index (Phi) is 9.55. The number of carbonyl (C=O) groups is 3. The van der Waals surface area contributed by atoms with Gasteiger partial charge in [0.15, 0.2) is 18.1 Å². The first-order valence-electron chi connectivity index (χ1n) is 12.0. The van der Waals surface area contributed by atoms with Crippen LogP contribution in [-0.2, 0) is 25.5 Å². The molecule has 1 heterocycles. The van der Waals surface area contributed by atoms with E-state index in [9.17, 15) is 14.4 Å². The number of carboxylic acids is 1. The van der Waals surface area contributed by atoms with E-state index in [0.717, 1.165) is 18.4 Å². The molecule has 0 spiro atoms. The summed E-state index contributed by atoms with van der Waals surface area (Å²) >= 11 is 0. The van der Waals surface area contributed by atoms with E-state index >= 15 is 0 Å². The van der Waals surface area contributed by atoms with Gasteiger partial charge in [-0.1, -0.05) is 18.2 Å². The smallest absolute Gasteiger partial charge is 0.341 e. The number of amides is 1. The van der Waals surface area contributed by atoms with Gasteiger partial charge in [0.25, 0.3) is 0 Å². The highest BCUT2D eigenvalue weighted by molar-refractivity contribution is 5.83. The number of benzene rings is 2. The van der Waals surface area contributed by atoms with Crippen LogP contribution in [0.4, 0.5) is 0 Å². The van der Waals surface area contributed by atoms with Crippen LogP contribution < -0.4 is 14.2 Å². The van der Waals surface area contributed by atoms with Crippen molar-refractivity contribution in [1.29, 1.82) is 0 Å². The van der Waals surface area contributed by atoms with Gasteiger partial charge in [-0.25, -0.2) is 9.59 Å². The van der Waals surface area contributed by atoms with E-state index in [1.54, 1.807) is 37.3 Å². The van der Waals surface area contributed by atoms with Crippen molar-refractivity contribution in [2.24, 2.45) is 0 Å². The van der Waals surface area contributed by atoms with Gasteiger partial charge in [-0.15, -0.1) is 0 Å². The van der Waals surface area contributed by atoms with Crippen molar-refractivity contribution in [2.45, 2.75) is 51.2 Å². The molecule has 1 aliphatic rings. The van der Waals surface area contributed by atoms with Crippen LogP contribution in [0.1, 0.15) is 49.8 Å². The first-order chi connectivity index (χ1) is 17.3. The SMILES string of the molecule is COc1ccc(CCC(OC(=O)[C@@H]2CCCCN2C(C)=O)c2cccc(OCC(=O)O)c2)cc1OC. The Morgan fingerprint density at radius 1 is 1.06 bits per heavy atom. The summed E-state index contributed by atoms with van der Waals surface area (Å²) in [6, 6.07) is 11.9. The first-order valence-corrected chi connectivity index (χ1v) is 12.0. The summed E-state index contributed by atoms with van der Waals surface area (Å²) in [5.41, 5.74) is 1.65. The summed E-state index contributed by atoms with van der Waals surface area (Å²) in [5.74, 6) is -0.0914. The minimum atomic E-state index is -1.08. The molecule has 36 heavy (non-hydrogen) atoms. The maximum Gasteiger partial charge on any atom is 0.341 e. The largest absolute Gasteiger partial charge is 0.493 e. The molecule has 0 radical (unpaired) electrons. The zero-order valence-electron chi connectivity index (χ0n) is 20.9. The number of methoxy groups -OCH3 is 2. The van der Waals surface area contributed by atoms with Crippen molar-refractivity contribution >= 4 is 17.8 Å². The quantitative estimate of drug-likeness (QED) is 0.465. The molecule has 9 heteroatoms. The standard InChI is InChI=1S/C27H33NO8/c1-18(29)28-14-5-4-9-22(28)27(32)36-23(20-7-6-8-21(16-20)35-17-26(30)31)12-10-19-11-13-24(33-2)25(15-19)34-3/h6-8,11,13,15-16,22-23H,4-5,9-10,12,14,17H2,1-3H3,(H,30,31)/t22-,23?/m0/s1. The molecule has 1 N–H and O–H groups in total. The highest BCUT2D eigenvalue weighted by atomic mass is 16.5. The highest BCUT2D eigenvalue weighted by Crippen LogP contribution is 2.32. The minimum Gasteiger partial charge on any atom is -0.493 e. The molecule has 0 aromatic heterocycles. The first kappa shape index (κ1) is 26.8. The minimum absolute atomic E-state index is 0.150. The fourth-order valence-electron chi connectivity index (χ4n) is 4.35. The Morgan fingerprint density at radius 3 is 2.53 bits per heavy atom. The lowest BCUT2D eigenvalue weighted by Crippen LogP contribution is -2.48. The number of esters is 1. The van der Waals surface area contributed by atoms with Gasteiger partial charge in [0.05, 0.1) is 14.2 Å². The van der Waals surface area contributed by atoms with Gasteiger partial charge < -0.3 is 29.0 Å². The molecule has 194 valence electrons. The van der Waals surface area contributed by atoms with E-state index in [0.29, 0.717) is 48.6 Å². The van der Waals surface area contributed by atoms with Crippen molar-refractivity contribution in [2.75, 3.05) is 27.4 Å². The van der Waals surface area contributed by atoms with Gasteiger partial charge in [-0.2, -0.15) is 0 Å². The topological polar surface area (TPSA) is 112 Å². The molecular formula is C27H33NO8. The van der Waals surface area contributed by atoms with Crippen LogP contribution in [0.3, 0.4) is 0 Å². The lowest BCUT2D eigenvalue weighted by Gasteiger charge is -2.34. The summed E-state index contributed by atoms with van der Waals surface area (Å²) < 4.78 is 22.0.